The first-order valence-corrected chi connectivity index (χ1v) is 10.5. The van der Waals surface area contributed by atoms with Crippen LogP contribution >= 0.6 is 0 Å². The topological polar surface area (TPSA) is 108 Å². The number of benzene rings is 2. The van der Waals surface area contributed by atoms with Gasteiger partial charge in [-0.15, -0.1) is 0 Å². The van der Waals surface area contributed by atoms with Gasteiger partial charge in [-0.25, -0.2) is 9.59 Å². The van der Waals surface area contributed by atoms with Gasteiger partial charge in [0.1, 0.15) is 28.9 Å². The summed E-state index contributed by atoms with van der Waals surface area (Å²) in [6.45, 7) is 3.18. The number of anilines is 1. The molecule has 2 aliphatic heterocycles. The summed E-state index contributed by atoms with van der Waals surface area (Å²) in [6.07, 6.45) is 0. The average molecular weight is 448 g/mol. The summed E-state index contributed by atoms with van der Waals surface area (Å²) < 4.78 is 16.4. The summed E-state index contributed by atoms with van der Waals surface area (Å²) in [4.78, 5) is 41.9. The van der Waals surface area contributed by atoms with Crippen molar-refractivity contribution in [2.75, 3.05) is 18.6 Å². The standard InChI is InChI=1S/C25H24N2O6/c1-4-31-23(29)20-21(26)33-15(2)19(22(28)32-14-16-10-6-5-7-11-16)25(20)17-12-8-9-13-18(17)27(3)24(25)30/h5-13H,4,14,26H2,1-3H3/t25-/m0/s1. The van der Waals surface area contributed by atoms with Gasteiger partial charge in [0, 0.05) is 18.3 Å². The number of nitrogens with two attached hydrogens (primary N) is 1. The average Bonchev–Trinajstić information content (AvgIpc) is 3.01. The van der Waals surface area contributed by atoms with Crippen molar-refractivity contribution in [2.24, 2.45) is 5.73 Å². The molecule has 0 saturated carbocycles. The van der Waals surface area contributed by atoms with Crippen LogP contribution in [-0.4, -0.2) is 31.5 Å². The van der Waals surface area contributed by atoms with Crippen LogP contribution in [0.25, 0.3) is 0 Å². The van der Waals surface area contributed by atoms with Crippen molar-refractivity contribution in [3.63, 3.8) is 0 Å². The van der Waals surface area contributed by atoms with Crippen molar-refractivity contribution in [3.05, 3.63) is 88.5 Å². The quantitative estimate of drug-likeness (QED) is 0.701. The molecule has 2 aromatic rings. The second-order valence-corrected chi connectivity index (χ2v) is 7.69. The first kappa shape index (κ1) is 22.1. The number of para-hydroxylation sites is 1. The minimum atomic E-state index is -1.85. The van der Waals surface area contributed by atoms with E-state index in [0.717, 1.165) is 5.56 Å². The van der Waals surface area contributed by atoms with E-state index in [9.17, 15) is 14.4 Å². The number of hydrogen-bond donors (Lipinski definition) is 1. The zero-order valence-electron chi connectivity index (χ0n) is 18.6. The lowest BCUT2D eigenvalue weighted by molar-refractivity contribution is -0.144. The molecule has 8 heteroatoms. The monoisotopic (exact) mass is 448 g/mol. The number of allylic oxidation sites excluding steroid dienone is 1. The van der Waals surface area contributed by atoms with Crippen LogP contribution in [0.5, 0.6) is 0 Å². The first-order chi connectivity index (χ1) is 15.8. The number of carbonyl (C=O) groups is 3. The van der Waals surface area contributed by atoms with E-state index in [1.807, 2.05) is 30.3 Å². The van der Waals surface area contributed by atoms with Gasteiger partial charge in [0.25, 0.3) is 0 Å². The molecule has 8 nitrogen and oxygen atoms in total. The second-order valence-electron chi connectivity index (χ2n) is 7.69. The lowest BCUT2D eigenvalue weighted by Gasteiger charge is -2.36. The van der Waals surface area contributed by atoms with Crippen LogP contribution < -0.4 is 10.6 Å². The summed E-state index contributed by atoms with van der Waals surface area (Å²) in [5.41, 5.74) is 5.70. The maximum Gasteiger partial charge on any atom is 0.341 e. The maximum absolute atomic E-state index is 13.9. The van der Waals surface area contributed by atoms with Crippen LogP contribution in [0.15, 0.2) is 77.4 Å². The van der Waals surface area contributed by atoms with E-state index >= 15 is 0 Å². The highest BCUT2D eigenvalue weighted by Crippen LogP contribution is 2.54. The van der Waals surface area contributed by atoms with E-state index in [4.69, 9.17) is 19.9 Å². The Morgan fingerprint density at radius 1 is 1.00 bits per heavy atom. The highest BCUT2D eigenvalue weighted by Gasteiger charge is 2.63. The fraction of sp³-hybridized carbons (Fsp3) is 0.240. The number of ether oxygens (including phenoxy) is 3. The Hall–Kier alpha value is -4.07. The van der Waals surface area contributed by atoms with E-state index in [1.165, 1.54) is 11.8 Å². The summed E-state index contributed by atoms with van der Waals surface area (Å²) in [5, 5.41) is 0. The number of nitrogens with zero attached hydrogens (tertiary/aromatic N) is 1. The zero-order chi connectivity index (χ0) is 23.8. The van der Waals surface area contributed by atoms with Crippen LogP contribution in [0, 0.1) is 0 Å². The number of likely N-dealkylation sites (N-methyl/N-ethyl adjacent to an activating group) is 1. The number of fused-ring (bicyclic) bond motifs is 2. The number of carbonyl (C=O) groups excluding carboxylic acids is 3. The van der Waals surface area contributed by atoms with Gasteiger partial charge in [-0.3, -0.25) is 4.79 Å². The van der Waals surface area contributed by atoms with E-state index in [-0.39, 0.29) is 36.0 Å². The van der Waals surface area contributed by atoms with E-state index < -0.39 is 23.3 Å². The van der Waals surface area contributed by atoms with Gasteiger partial charge in [0.15, 0.2) is 0 Å². The largest absolute Gasteiger partial charge is 0.462 e. The maximum atomic E-state index is 13.9. The molecule has 1 amide bonds. The molecule has 1 spiro atoms. The molecule has 2 N–H and O–H groups in total. The Labute approximate surface area is 191 Å². The van der Waals surface area contributed by atoms with Crippen molar-refractivity contribution in [2.45, 2.75) is 25.9 Å². The number of rotatable bonds is 5. The third kappa shape index (κ3) is 3.34. The van der Waals surface area contributed by atoms with Crippen molar-refractivity contribution in [1.82, 2.24) is 0 Å². The molecule has 1 atom stereocenters. The van der Waals surface area contributed by atoms with Crippen LogP contribution in [0.4, 0.5) is 5.69 Å². The lowest BCUT2D eigenvalue weighted by Crippen LogP contribution is -2.50. The van der Waals surface area contributed by atoms with Gasteiger partial charge in [0.05, 0.1) is 6.61 Å². The molecule has 33 heavy (non-hydrogen) atoms. The molecule has 0 aliphatic carbocycles. The van der Waals surface area contributed by atoms with Gasteiger partial charge in [-0.2, -0.15) is 0 Å². The minimum absolute atomic E-state index is 0.0217. The van der Waals surface area contributed by atoms with Crippen molar-refractivity contribution < 1.29 is 28.6 Å². The minimum Gasteiger partial charge on any atom is -0.462 e. The number of hydrogen-bond acceptors (Lipinski definition) is 7. The SMILES string of the molecule is CCOC(=O)C1=C(N)OC(C)=C(C(=O)OCc2ccccc2)[C@]12C(=O)N(C)c1ccccc12. The molecule has 170 valence electrons. The smallest absolute Gasteiger partial charge is 0.341 e. The summed E-state index contributed by atoms with van der Waals surface area (Å²) in [5.74, 6) is -2.36. The van der Waals surface area contributed by atoms with Crippen LogP contribution in [0.2, 0.25) is 0 Å². The van der Waals surface area contributed by atoms with E-state index in [0.29, 0.717) is 11.3 Å². The van der Waals surface area contributed by atoms with Gasteiger partial charge >= 0.3 is 11.9 Å². The van der Waals surface area contributed by atoms with Gasteiger partial charge in [0.2, 0.25) is 11.8 Å². The summed E-state index contributed by atoms with van der Waals surface area (Å²) in [7, 11) is 1.58. The summed E-state index contributed by atoms with van der Waals surface area (Å²) >= 11 is 0. The molecular formula is C25H24N2O6. The molecule has 2 heterocycles. The van der Waals surface area contributed by atoms with E-state index in [1.54, 1.807) is 38.2 Å². The first-order valence-electron chi connectivity index (χ1n) is 10.5. The highest BCUT2D eigenvalue weighted by molar-refractivity contribution is 6.22. The third-order valence-corrected chi connectivity index (χ3v) is 5.80. The third-order valence-electron chi connectivity index (χ3n) is 5.80. The Morgan fingerprint density at radius 3 is 2.33 bits per heavy atom. The fourth-order valence-electron chi connectivity index (χ4n) is 4.43. The van der Waals surface area contributed by atoms with Crippen molar-refractivity contribution in [1.29, 1.82) is 0 Å². The van der Waals surface area contributed by atoms with E-state index in [2.05, 4.69) is 0 Å². The van der Waals surface area contributed by atoms with Gasteiger partial charge in [-0.05, 0) is 25.5 Å². The Balaban J connectivity index is 1.90. The molecule has 2 aromatic carbocycles. The molecule has 0 bridgehead atoms. The molecule has 0 aromatic heterocycles. The van der Waals surface area contributed by atoms with Gasteiger partial charge in [-0.1, -0.05) is 48.5 Å². The van der Waals surface area contributed by atoms with Crippen LogP contribution in [0.1, 0.15) is 25.0 Å². The lowest BCUT2D eigenvalue weighted by atomic mass is 9.67. The fourth-order valence-corrected chi connectivity index (χ4v) is 4.43. The Kier molecular flexibility index (Phi) is 5.68. The molecular weight excluding hydrogens is 424 g/mol. The van der Waals surface area contributed by atoms with Crippen LogP contribution in [0.3, 0.4) is 0 Å². The van der Waals surface area contributed by atoms with Crippen molar-refractivity contribution >= 4 is 23.5 Å². The van der Waals surface area contributed by atoms with Crippen LogP contribution in [-0.2, 0) is 40.6 Å². The number of esters is 2. The molecule has 4 rings (SSSR count). The van der Waals surface area contributed by atoms with Gasteiger partial charge < -0.3 is 24.8 Å². The Morgan fingerprint density at radius 2 is 1.64 bits per heavy atom. The predicted molar refractivity (Wildman–Crippen MR) is 119 cm³/mol. The Bertz CT molecular complexity index is 1200. The predicted octanol–water partition coefficient (Wildman–Crippen LogP) is 2.68. The number of amides is 1. The highest BCUT2D eigenvalue weighted by atomic mass is 16.5. The molecule has 2 aliphatic rings. The molecule has 0 saturated heterocycles. The second kappa shape index (κ2) is 8.46. The zero-order valence-corrected chi connectivity index (χ0v) is 18.6. The normalized spacial score (nSPS) is 19.5. The molecule has 0 fully saturated rings. The summed E-state index contributed by atoms with van der Waals surface area (Å²) in [6, 6.07) is 16.0. The van der Waals surface area contributed by atoms with Crippen molar-refractivity contribution in [3.8, 4) is 0 Å². The molecule has 0 radical (unpaired) electrons. The molecule has 0 unspecified atom stereocenters.